The Kier molecular flexibility index (Phi) is 7.41. The predicted octanol–water partition coefficient (Wildman–Crippen LogP) is 8.21. The molecule has 162 valence electrons. The minimum Gasteiger partial charge on any atom is -0.426 e. The first kappa shape index (κ1) is 22.2. The highest BCUT2D eigenvalue weighted by Crippen LogP contribution is 2.44. The van der Waals surface area contributed by atoms with Gasteiger partial charge in [0.25, 0.3) is 0 Å². The van der Waals surface area contributed by atoms with E-state index >= 15 is 0 Å². The molecule has 0 saturated carbocycles. The maximum atomic E-state index is 12.7. The fourth-order valence-corrected chi connectivity index (χ4v) is 3.90. The third-order valence-corrected chi connectivity index (χ3v) is 5.63. The maximum Gasteiger partial charge on any atom is 0.311 e. The van der Waals surface area contributed by atoms with Crippen molar-refractivity contribution in [1.82, 2.24) is 0 Å². The van der Waals surface area contributed by atoms with E-state index in [2.05, 4.69) is 40.7 Å². The molecule has 0 bridgehead atoms. The molecule has 0 unspecified atom stereocenters. The van der Waals surface area contributed by atoms with Crippen LogP contribution in [0.5, 0.6) is 5.75 Å². The van der Waals surface area contributed by atoms with Gasteiger partial charge in [0.15, 0.2) is 0 Å². The molecule has 0 aliphatic heterocycles. The van der Waals surface area contributed by atoms with Crippen LogP contribution in [0.1, 0.15) is 96.1 Å². The van der Waals surface area contributed by atoms with Crippen molar-refractivity contribution in [3.05, 3.63) is 41.5 Å². The Morgan fingerprint density at radius 3 is 2.27 bits per heavy atom. The van der Waals surface area contributed by atoms with E-state index in [1.807, 2.05) is 24.3 Å². The summed E-state index contributed by atoms with van der Waals surface area (Å²) in [6.07, 6.45) is 5.96. The van der Waals surface area contributed by atoms with Gasteiger partial charge in [-0.05, 0) is 35.4 Å². The van der Waals surface area contributed by atoms with Gasteiger partial charge in [0.2, 0.25) is 11.2 Å². The lowest BCUT2D eigenvalue weighted by molar-refractivity contribution is -0.134. The van der Waals surface area contributed by atoms with E-state index < -0.39 is 0 Å². The zero-order valence-electron chi connectivity index (χ0n) is 18.9. The highest BCUT2D eigenvalue weighted by molar-refractivity contribution is 5.95. The summed E-state index contributed by atoms with van der Waals surface area (Å²) in [6, 6.07) is 10.1. The van der Waals surface area contributed by atoms with Crippen LogP contribution in [0.3, 0.4) is 0 Å². The lowest BCUT2D eigenvalue weighted by atomic mass is 9.89. The molecule has 1 aromatic heterocycles. The van der Waals surface area contributed by atoms with Crippen molar-refractivity contribution in [1.29, 1.82) is 0 Å². The van der Waals surface area contributed by atoms with Crippen LogP contribution in [-0.2, 0) is 4.79 Å². The molecule has 0 spiro atoms. The van der Waals surface area contributed by atoms with E-state index in [1.165, 1.54) is 19.3 Å². The zero-order chi connectivity index (χ0) is 21.7. The van der Waals surface area contributed by atoms with E-state index in [9.17, 15) is 4.79 Å². The lowest BCUT2D eigenvalue weighted by Gasteiger charge is -2.20. The van der Waals surface area contributed by atoms with Gasteiger partial charge in [0, 0.05) is 17.5 Å². The van der Waals surface area contributed by atoms with Gasteiger partial charge in [-0.15, -0.1) is 0 Å². The van der Waals surface area contributed by atoms with Gasteiger partial charge in [-0.1, -0.05) is 84.6 Å². The van der Waals surface area contributed by atoms with E-state index in [-0.39, 0.29) is 11.9 Å². The zero-order valence-corrected chi connectivity index (χ0v) is 18.9. The van der Waals surface area contributed by atoms with Crippen LogP contribution >= 0.6 is 0 Å². The van der Waals surface area contributed by atoms with Gasteiger partial charge in [-0.3, -0.25) is 13.9 Å². The number of hydrogen-bond acceptors (Lipinski definition) is 4. The molecule has 0 radical (unpaired) electrons. The molecular weight excluding hydrogens is 376 g/mol. The minimum absolute atomic E-state index is 0.168. The molecule has 30 heavy (non-hydrogen) atoms. The third kappa shape index (κ3) is 4.80. The molecular formula is C26H34O4. The molecule has 4 nitrogen and oxygen atoms in total. The quantitative estimate of drug-likeness (QED) is 0.146. The van der Waals surface area contributed by atoms with E-state index in [1.54, 1.807) is 0 Å². The lowest BCUT2D eigenvalue weighted by Crippen LogP contribution is -2.11. The summed E-state index contributed by atoms with van der Waals surface area (Å²) < 4.78 is 16.5. The van der Waals surface area contributed by atoms with Crippen LogP contribution in [0, 0.1) is 0 Å². The molecule has 0 atom stereocenters. The molecule has 3 aromatic rings. The first-order valence-electron chi connectivity index (χ1n) is 11.3. The monoisotopic (exact) mass is 410 g/mol. The molecule has 2 aromatic carbocycles. The van der Waals surface area contributed by atoms with Crippen LogP contribution in [0.25, 0.3) is 22.3 Å². The predicted molar refractivity (Wildman–Crippen MR) is 121 cm³/mol. The summed E-state index contributed by atoms with van der Waals surface area (Å²) in [4.78, 5) is 12.7. The summed E-state index contributed by atoms with van der Waals surface area (Å²) in [5.41, 5.74) is 5.47. The number of carbonyl (C=O) groups excluding carboxylic acids is 1. The molecule has 0 aliphatic carbocycles. The maximum absolute atomic E-state index is 12.7. The second-order valence-corrected chi connectivity index (χ2v) is 8.70. The standard InChI is InChI=1S/C26H34O4/c1-6-7-8-9-10-14-23(27)28-25-20(18(4)5)12-11-13-21(25)24-19(17(2)3)15-16-22-26(24)30-29-22/h11-13,15-18H,6-10,14H2,1-5H3. The molecule has 0 amide bonds. The van der Waals surface area contributed by atoms with E-state index in [0.29, 0.717) is 18.1 Å². The highest BCUT2D eigenvalue weighted by atomic mass is 17.0. The number of unbranched alkanes of at least 4 members (excludes halogenated alkanes) is 4. The summed E-state index contributed by atoms with van der Waals surface area (Å²) in [5.74, 6) is 1.00. The van der Waals surface area contributed by atoms with Gasteiger partial charge >= 0.3 is 5.97 Å². The van der Waals surface area contributed by atoms with Gasteiger partial charge in [0.1, 0.15) is 5.75 Å². The summed E-state index contributed by atoms with van der Waals surface area (Å²) >= 11 is 0. The smallest absolute Gasteiger partial charge is 0.311 e. The van der Waals surface area contributed by atoms with Crippen LogP contribution in [-0.4, -0.2) is 5.97 Å². The number of benzene rings is 2. The van der Waals surface area contributed by atoms with Crippen molar-refractivity contribution in [2.24, 2.45) is 0 Å². The Labute approximate surface area is 179 Å². The van der Waals surface area contributed by atoms with Crippen LogP contribution in [0.4, 0.5) is 0 Å². The van der Waals surface area contributed by atoms with Crippen molar-refractivity contribution in [3.63, 3.8) is 0 Å². The number of rotatable bonds is 10. The summed E-state index contributed by atoms with van der Waals surface area (Å²) in [6.45, 7) is 10.7. The molecule has 3 rings (SSSR count). The largest absolute Gasteiger partial charge is 0.426 e. The van der Waals surface area contributed by atoms with E-state index in [0.717, 1.165) is 46.3 Å². The number of hydrogen-bond donors (Lipinski definition) is 0. The summed E-state index contributed by atoms with van der Waals surface area (Å²) in [7, 11) is 0. The molecule has 0 fully saturated rings. The Morgan fingerprint density at radius 1 is 0.900 bits per heavy atom. The molecule has 1 heterocycles. The van der Waals surface area contributed by atoms with Crippen molar-refractivity contribution >= 4 is 17.1 Å². The Bertz CT molecular complexity index is 974. The van der Waals surface area contributed by atoms with Crippen molar-refractivity contribution in [2.75, 3.05) is 0 Å². The Hall–Kier alpha value is -2.49. The molecule has 4 heteroatoms. The Morgan fingerprint density at radius 2 is 1.63 bits per heavy atom. The minimum atomic E-state index is -0.168. The van der Waals surface area contributed by atoms with Gasteiger partial charge < -0.3 is 4.74 Å². The number of para-hydroxylation sites is 1. The van der Waals surface area contributed by atoms with Crippen molar-refractivity contribution < 1.29 is 18.7 Å². The number of carbonyl (C=O) groups is 1. The van der Waals surface area contributed by atoms with Gasteiger partial charge in [0.05, 0.1) is 0 Å². The fraction of sp³-hybridized carbons (Fsp3) is 0.500. The SMILES string of the molecule is CCCCCCCC(=O)Oc1c(-c2c(C(C)C)ccc3ooc23)cccc1C(C)C. The Balaban J connectivity index is 1.97. The number of fused-ring (bicyclic) bond motifs is 1. The van der Waals surface area contributed by atoms with E-state index in [4.69, 9.17) is 13.9 Å². The first-order valence-corrected chi connectivity index (χ1v) is 11.3. The molecule has 0 saturated heterocycles. The third-order valence-electron chi connectivity index (χ3n) is 5.63. The van der Waals surface area contributed by atoms with Crippen molar-refractivity contribution in [2.45, 2.75) is 85.0 Å². The first-order chi connectivity index (χ1) is 14.4. The average Bonchev–Trinajstić information content (AvgIpc) is 2.68. The van der Waals surface area contributed by atoms with Gasteiger partial charge in [-0.25, -0.2) is 0 Å². The number of esters is 1. The van der Waals surface area contributed by atoms with Crippen molar-refractivity contribution in [3.8, 4) is 16.9 Å². The second-order valence-electron chi connectivity index (χ2n) is 8.70. The highest BCUT2D eigenvalue weighted by Gasteiger charge is 2.25. The fourth-order valence-electron chi connectivity index (χ4n) is 3.90. The van der Waals surface area contributed by atoms with Crippen LogP contribution in [0.2, 0.25) is 0 Å². The topological polar surface area (TPSA) is 52.6 Å². The normalized spacial score (nSPS) is 11.7. The van der Waals surface area contributed by atoms with Gasteiger partial charge in [-0.2, -0.15) is 0 Å². The molecule has 0 aliphatic rings. The number of ether oxygens (including phenoxy) is 1. The second kappa shape index (κ2) is 10.0. The molecule has 0 N–H and O–H groups in total. The van der Waals surface area contributed by atoms with Crippen LogP contribution < -0.4 is 4.74 Å². The summed E-state index contributed by atoms with van der Waals surface area (Å²) in [5, 5.41) is 0. The average molecular weight is 411 g/mol. The van der Waals surface area contributed by atoms with Crippen LogP contribution in [0.15, 0.2) is 39.5 Å².